The van der Waals surface area contributed by atoms with Gasteiger partial charge in [0.05, 0.1) is 12.3 Å². The van der Waals surface area contributed by atoms with Crippen LogP contribution >= 0.6 is 0 Å². The molecule has 0 aromatic rings. The molecule has 9 heteroatoms. The molecule has 1 aliphatic heterocycles. The van der Waals surface area contributed by atoms with E-state index in [2.05, 4.69) is 5.32 Å². The highest BCUT2D eigenvalue weighted by molar-refractivity contribution is 5.89. The van der Waals surface area contributed by atoms with Gasteiger partial charge >= 0.3 is 12.1 Å². The van der Waals surface area contributed by atoms with E-state index in [1.165, 1.54) is 0 Å². The van der Waals surface area contributed by atoms with Crippen molar-refractivity contribution < 1.29 is 32.7 Å². The van der Waals surface area contributed by atoms with Gasteiger partial charge in [-0.3, -0.25) is 14.4 Å². The van der Waals surface area contributed by atoms with Crippen molar-refractivity contribution in [3.05, 3.63) is 0 Å². The molecular weight excluding hydrogens is 305 g/mol. The van der Waals surface area contributed by atoms with E-state index >= 15 is 0 Å². The molecule has 1 rings (SSSR count). The number of carboxylic acid groups (broad SMARTS) is 1. The van der Waals surface area contributed by atoms with Crippen LogP contribution in [0.1, 0.15) is 33.1 Å². The van der Waals surface area contributed by atoms with Gasteiger partial charge in [-0.1, -0.05) is 6.92 Å². The minimum atomic E-state index is -4.51. The maximum Gasteiger partial charge on any atom is 0.406 e. The Morgan fingerprint density at radius 2 is 2.00 bits per heavy atom. The molecule has 22 heavy (non-hydrogen) atoms. The van der Waals surface area contributed by atoms with Gasteiger partial charge < -0.3 is 15.3 Å². The number of carbonyl (C=O) groups excluding carboxylic acids is 2. The second kappa shape index (κ2) is 6.53. The lowest BCUT2D eigenvalue weighted by Gasteiger charge is -2.29. The van der Waals surface area contributed by atoms with Crippen molar-refractivity contribution in [2.75, 3.05) is 13.1 Å². The number of carbonyl (C=O) groups is 3. The van der Waals surface area contributed by atoms with Crippen molar-refractivity contribution in [2.45, 2.75) is 44.8 Å². The topological polar surface area (TPSA) is 86.7 Å². The quantitative estimate of drug-likeness (QED) is 0.767. The van der Waals surface area contributed by atoms with Crippen molar-refractivity contribution in [2.24, 2.45) is 5.92 Å². The van der Waals surface area contributed by atoms with Gasteiger partial charge in [-0.2, -0.15) is 13.2 Å². The second-order valence-corrected chi connectivity index (χ2v) is 5.76. The molecule has 126 valence electrons. The van der Waals surface area contributed by atoms with Gasteiger partial charge in [0.25, 0.3) is 0 Å². The molecule has 0 aromatic carbocycles. The highest BCUT2D eigenvalue weighted by Gasteiger charge is 2.41. The lowest BCUT2D eigenvalue weighted by atomic mass is 9.93. The standard InChI is InChI=1S/C13H19F3N2O4/c1-3-12(2,5-10(20)21)17-11(22)8-4-9(19)18(6-8)7-13(14,15)16/h8H,3-7H2,1-2H3,(H,17,22)(H,20,21)/t8-,12-/m0/s1. The summed E-state index contributed by atoms with van der Waals surface area (Å²) < 4.78 is 37.0. The molecular formula is C13H19F3N2O4. The molecule has 2 N–H and O–H groups in total. The zero-order valence-corrected chi connectivity index (χ0v) is 12.4. The molecule has 1 aliphatic rings. The number of amides is 2. The number of alkyl halides is 3. The largest absolute Gasteiger partial charge is 0.481 e. The fourth-order valence-corrected chi connectivity index (χ4v) is 2.31. The summed E-state index contributed by atoms with van der Waals surface area (Å²) >= 11 is 0. The Bertz CT molecular complexity index is 467. The summed E-state index contributed by atoms with van der Waals surface area (Å²) in [6, 6.07) is 0. The van der Waals surface area contributed by atoms with Crippen LogP contribution in [-0.4, -0.2) is 52.6 Å². The van der Waals surface area contributed by atoms with Crippen LogP contribution in [0.3, 0.4) is 0 Å². The summed E-state index contributed by atoms with van der Waals surface area (Å²) in [7, 11) is 0. The molecule has 0 unspecified atom stereocenters. The second-order valence-electron chi connectivity index (χ2n) is 5.76. The summed E-state index contributed by atoms with van der Waals surface area (Å²) in [5.74, 6) is -3.31. The number of nitrogens with one attached hydrogen (secondary N) is 1. The maximum absolute atomic E-state index is 12.3. The number of rotatable bonds is 6. The lowest BCUT2D eigenvalue weighted by molar-refractivity contribution is -0.157. The van der Waals surface area contributed by atoms with Crippen molar-refractivity contribution >= 4 is 17.8 Å². The van der Waals surface area contributed by atoms with Crippen LogP contribution in [0, 0.1) is 5.92 Å². The van der Waals surface area contributed by atoms with Crippen LogP contribution in [0.25, 0.3) is 0 Å². The zero-order chi connectivity index (χ0) is 17.1. The third-order valence-corrected chi connectivity index (χ3v) is 3.70. The van der Waals surface area contributed by atoms with Gasteiger partial charge in [-0.15, -0.1) is 0 Å². The Kier molecular flexibility index (Phi) is 5.42. The minimum absolute atomic E-state index is 0.297. The van der Waals surface area contributed by atoms with Gasteiger partial charge in [-0.25, -0.2) is 0 Å². The van der Waals surface area contributed by atoms with E-state index in [1.54, 1.807) is 13.8 Å². The monoisotopic (exact) mass is 324 g/mol. The predicted octanol–water partition coefficient (Wildman–Crippen LogP) is 1.16. The van der Waals surface area contributed by atoms with E-state index in [0.29, 0.717) is 11.3 Å². The first-order valence-electron chi connectivity index (χ1n) is 6.84. The lowest BCUT2D eigenvalue weighted by Crippen LogP contribution is -2.49. The fourth-order valence-electron chi connectivity index (χ4n) is 2.31. The van der Waals surface area contributed by atoms with Crippen molar-refractivity contribution in [3.8, 4) is 0 Å². The van der Waals surface area contributed by atoms with E-state index in [4.69, 9.17) is 5.11 Å². The number of hydrogen-bond acceptors (Lipinski definition) is 3. The molecule has 0 radical (unpaired) electrons. The van der Waals surface area contributed by atoms with Crippen LogP contribution in [0.4, 0.5) is 13.2 Å². The highest BCUT2D eigenvalue weighted by atomic mass is 19.4. The average molecular weight is 324 g/mol. The summed E-state index contributed by atoms with van der Waals surface area (Å²) in [5, 5.41) is 11.4. The number of carboxylic acids is 1. The molecule has 1 saturated heterocycles. The molecule has 1 fully saturated rings. The predicted molar refractivity (Wildman–Crippen MR) is 69.8 cm³/mol. The van der Waals surface area contributed by atoms with Crippen LogP contribution in [0.15, 0.2) is 0 Å². The third-order valence-electron chi connectivity index (χ3n) is 3.70. The van der Waals surface area contributed by atoms with Gasteiger partial charge in [-0.05, 0) is 13.3 Å². The average Bonchev–Trinajstić information content (AvgIpc) is 2.67. The Labute approximate surface area is 125 Å². The zero-order valence-electron chi connectivity index (χ0n) is 12.4. The van der Waals surface area contributed by atoms with Crippen LogP contribution in [0.2, 0.25) is 0 Å². The van der Waals surface area contributed by atoms with Crippen molar-refractivity contribution in [3.63, 3.8) is 0 Å². The number of hydrogen-bond donors (Lipinski definition) is 2. The molecule has 0 bridgehead atoms. The van der Waals surface area contributed by atoms with Crippen LogP contribution in [0.5, 0.6) is 0 Å². The fraction of sp³-hybridized carbons (Fsp3) is 0.769. The summed E-state index contributed by atoms with van der Waals surface area (Å²) in [5.41, 5.74) is -0.997. The van der Waals surface area contributed by atoms with Crippen LogP contribution in [-0.2, 0) is 14.4 Å². The number of nitrogens with zero attached hydrogens (tertiary/aromatic N) is 1. The molecule has 0 spiro atoms. The number of halogens is 3. The molecule has 1 heterocycles. The molecule has 2 amide bonds. The molecule has 0 aliphatic carbocycles. The Morgan fingerprint density at radius 3 is 2.45 bits per heavy atom. The minimum Gasteiger partial charge on any atom is -0.481 e. The molecule has 0 saturated carbocycles. The van der Waals surface area contributed by atoms with E-state index in [0.717, 1.165) is 0 Å². The van der Waals surface area contributed by atoms with E-state index < -0.39 is 42.0 Å². The van der Waals surface area contributed by atoms with Crippen LogP contribution < -0.4 is 5.32 Å². The summed E-state index contributed by atoms with van der Waals surface area (Å²) in [6.07, 6.45) is -4.77. The van der Waals surface area contributed by atoms with E-state index in [-0.39, 0.29) is 19.4 Å². The van der Waals surface area contributed by atoms with Gasteiger partial charge in [0.1, 0.15) is 6.54 Å². The maximum atomic E-state index is 12.3. The Hall–Kier alpha value is -1.80. The first kappa shape index (κ1) is 18.2. The van der Waals surface area contributed by atoms with E-state index in [9.17, 15) is 27.6 Å². The molecule has 0 aromatic heterocycles. The molecule has 2 atom stereocenters. The molecule has 6 nitrogen and oxygen atoms in total. The number of aliphatic carboxylic acids is 1. The van der Waals surface area contributed by atoms with E-state index in [1.807, 2.05) is 0 Å². The van der Waals surface area contributed by atoms with Gasteiger partial charge in [0.2, 0.25) is 11.8 Å². The summed E-state index contributed by atoms with van der Waals surface area (Å²) in [4.78, 5) is 35.0. The smallest absolute Gasteiger partial charge is 0.406 e. The summed E-state index contributed by atoms with van der Waals surface area (Å²) in [6.45, 7) is 1.55. The van der Waals surface area contributed by atoms with Gasteiger partial charge in [0, 0.05) is 18.5 Å². The Balaban J connectivity index is 2.67. The van der Waals surface area contributed by atoms with Gasteiger partial charge in [0.15, 0.2) is 0 Å². The Morgan fingerprint density at radius 1 is 1.41 bits per heavy atom. The van der Waals surface area contributed by atoms with Crippen molar-refractivity contribution in [1.82, 2.24) is 10.2 Å². The van der Waals surface area contributed by atoms with Crippen molar-refractivity contribution in [1.29, 1.82) is 0 Å². The highest BCUT2D eigenvalue weighted by Crippen LogP contribution is 2.25. The third kappa shape index (κ3) is 5.19. The first-order chi connectivity index (χ1) is 9.96. The normalized spacial score (nSPS) is 21.6. The number of likely N-dealkylation sites (tertiary alicyclic amines) is 1. The SMILES string of the molecule is CC[C@@](C)(CC(=O)O)NC(=O)[C@H]1CC(=O)N(CC(F)(F)F)C1. The first-order valence-corrected chi connectivity index (χ1v) is 6.84.